The summed E-state index contributed by atoms with van der Waals surface area (Å²) in [7, 11) is 0. The number of nitrogen functional groups attached to an aromatic ring is 1. The minimum atomic E-state index is 0.475. The number of aryl methyl sites for hydroxylation is 1. The summed E-state index contributed by atoms with van der Waals surface area (Å²) in [5.74, 6) is 2.32. The Balaban J connectivity index is 1.70. The first-order chi connectivity index (χ1) is 14.2. The van der Waals surface area contributed by atoms with Gasteiger partial charge in [0.05, 0.1) is 5.52 Å². The van der Waals surface area contributed by atoms with Crippen LogP contribution in [0.3, 0.4) is 0 Å². The molecule has 2 heterocycles. The van der Waals surface area contributed by atoms with Crippen molar-refractivity contribution in [1.82, 2.24) is 14.5 Å². The molecular weight excluding hydrogens is 358 g/mol. The van der Waals surface area contributed by atoms with Crippen LogP contribution >= 0.6 is 0 Å². The Morgan fingerprint density at radius 1 is 0.931 bits per heavy atom. The van der Waals surface area contributed by atoms with E-state index < -0.39 is 0 Å². The Morgan fingerprint density at radius 3 is 2.31 bits per heavy atom. The lowest BCUT2D eigenvalue weighted by Crippen LogP contribution is -2.07. The number of hydrogen-bond acceptors (Lipinski definition) is 4. The van der Waals surface area contributed by atoms with Crippen molar-refractivity contribution in [2.75, 3.05) is 11.1 Å². The SMILES string of the molecule is CCCCc1nc2c(N)nc(NCc3ccccc3)cc2n1Cc1ccccc1. The zero-order valence-electron chi connectivity index (χ0n) is 16.8. The van der Waals surface area contributed by atoms with Crippen molar-refractivity contribution in [2.45, 2.75) is 39.3 Å². The van der Waals surface area contributed by atoms with Crippen molar-refractivity contribution in [3.63, 3.8) is 0 Å². The molecule has 0 amide bonds. The third-order valence-corrected chi connectivity index (χ3v) is 5.10. The van der Waals surface area contributed by atoms with Gasteiger partial charge in [0.1, 0.15) is 17.2 Å². The summed E-state index contributed by atoms with van der Waals surface area (Å²) in [6.45, 7) is 3.68. The van der Waals surface area contributed by atoms with Crippen molar-refractivity contribution in [1.29, 1.82) is 0 Å². The van der Waals surface area contributed by atoms with Crippen LogP contribution in [-0.4, -0.2) is 14.5 Å². The van der Waals surface area contributed by atoms with Gasteiger partial charge in [-0.25, -0.2) is 9.97 Å². The molecule has 0 saturated heterocycles. The zero-order chi connectivity index (χ0) is 20.1. The van der Waals surface area contributed by atoms with E-state index >= 15 is 0 Å². The number of unbranched alkanes of at least 4 members (excludes halogenated alkanes) is 1. The summed E-state index contributed by atoms with van der Waals surface area (Å²) in [6, 6.07) is 22.8. The molecule has 0 fully saturated rings. The molecule has 0 atom stereocenters. The van der Waals surface area contributed by atoms with Crippen LogP contribution in [0.5, 0.6) is 0 Å². The van der Waals surface area contributed by atoms with Gasteiger partial charge in [-0.15, -0.1) is 0 Å². The molecule has 0 radical (unpaired) electrons. The first-order valence-corrected chi connectivity index (χ1v) is 10.2. The van der Waals surface area contributed by atoms with E-state index in [1.165, 1.54) is 11.1 Å². The maximum atomic E-state index is 6.30. The fraction of sp³-hybridized carbons (Fsp3) is 0.250. The number of rotatable bonds is 8. The van der Waals surface area contributed by atoms with Crippen molar-refractivity contribution in [2.24, 2.45) is 0 Å². The van der Waals surface area contributed by atoms with Crippen LogP contribution in [0.1, 0.15) is 36.7 Å². The van der Waals surface area contributed by atoms with E-state index in [0.29, 0.717) is 12.4 Å². The summed E-state index contributed by atoms with van der Waals surface area (Å²) >= 11 is 0. The highest BCUT2D eigenvalue weighted by atomic mass is 15.1. The number of aromatic nitrogens is 3. The highest BCUT2D eigenvalue weighted by Crippen LogP contribution is 2.26. The smallest absolute Gasteiger partial charge is 0.154 e. The molecule has 148 valence electrons. The van der Waals surface area contributed by atoms with Crippen molar-refractivity contribution in [3.8, 4) is 0 Å². The summed E-state index contributed by atoms with van der Waals surface area (Å²) in [4.78, 5) is 9.40. The topological polar surface area (TPSA) is 68.8 Å². The molecule has 29 heavy (non-hydrogen) atoms. The minimum Gasteiger partial charge on any atom is -0.382 e. The molecule has 0 bridgehead atoms. The Morgan fingerprint density at radius 2 is 1.62 bits per heavy atom. The molecule has 0 aliphatic carbocycles. The quantitative estimate of drug-likeness (QED) is 0.447. The number of anilines is 2. The number of hydrogen-bond donors (Lipinski definition) is 2. The summed E-state index contributed by atoms with van der Waals surface area (Å²) in [6.07, 6.45) is 3.17. The van der Waals surface area contributed by atoms with Gasteiger partial charge in [-0.1, -0.05) is 74.0 Å². The van der Waals surface area contributed by atoms with Gasteiger partial charge in [0.25, 0.3) is 0 Å². The van der Waals surface area contributed by atoms with Crippen LogP contribution in [0.25, 0.3) is 11.0 Å². The molecular formula is C24H27N5. The second-order valence-corrected chi connectivity index (χ2v) is 7.30. The highest BCUT2D eigenvalue weighted by Gasteiger charge is 2.15. The van der Waals surface area contributed by atoms with Crippen molar-refractivity contribution in [3.05, 3.63) is 83.7 Å². The zero-order valence-corrected chi connectivity index (χ0v) is 16.8. The Kier molecular flexibility index (Phi) is 5.75. The molecule has 0 aliphatic heterocycles. The average Bonchev–Trinajstić information content (AvgIpc) is 3.10. The van der Waals surface area contributed by atoms with Gasteiger partial charge >= 0.3 is 0 Å². The fourth-order valence-corrected chi connectivity index (χ4v) is 3.54. The molecule has 5 nitrogen and oxygen atoms in total. The van der Waals surface area contributed by atoms with Gasteiger partial charge in [0, 0.05) is 25.6 Å². The molecule has 2 aromatic carbocycles. The molecule has 4 aromatic rings. The van der Waals surface area contributed by atoms with E-state index in [2.05, 4.69) is 64.3 Å². The highest BCUT2D eigenvalue weighted by molar-refractivity contribution is 5.88. The van der Waals surface area contributed by atoms with Crippen LogP contribution in [0.4, 0.5) is 11.6 Å². The Labute approximate surface area is 171 Å². The monoisotopic (exact) mass is 385 g/mol. The number of nitrogens with two attached hydrogens (primary N) is 1. The van der Waals surface area contributed by atoms with Gasteiger partial charge in [-0.05, 0) is 17.5 Å². The lowest BCUT2D eigenvalue weighted by atomic mass is 10.2. The van der Waals surface area contributed by atoms with E-state index in [0.717, 1.165) is 48.5 Å². The standard InChI is InChI=1S/C24H27N5/c1-2-3-14-22-28-23-20(29(22)17-19-12-8-5-9-13-19)15-21(27-24(23)25)26-16-18-10-6-4-7-11-18/h4-13,15H,2-3,14,16-17H2,1H3,(H3,25,26,27). The molecule has 4 rings (SSSR count). The number of nitrogens with one attached hydrogen (secondary N) is 1. The molecule has 3 N–H and O–H groups in total. The second kappa shape index (κ2) is 8.78. The summed E-state index contributed by atoms with van der Waals surface area (Å²) in [5, 5.41) is 3.41. The van der Waals surface area contributed by atoms with E-state index in [1.807, 2.05) is 24.3 Å². The fourth-order valence-electron chi connectivity index (χ4n) is 3.54. The van der Waals surface area contributed by atoms with Gasteiger partial charge < -0.3 is 15.6 Å². The second-order valence-electron chi connectivity index (χ2n) is 7.30. The minimum absolute atomic E-state index is 0.475. The van der Waals surface area contributed by atoms with Gasteiger partial charge in [-0.2, -0.15) is 0 Å². The Hall–Kier alpha value is -3.34. The number of pyridine rings is 1. The van der Waals surface area contributed by atoms with Crippen LogP contribution in [-0.2, 0) is 19.5 Å². The molecule has 2 aromatic heterocycles. The van der Waals surface area contributed by atoms with Crippen LogP contribution < -0.4 is 11.1 Å². The number of benzene rings is 2. The normalized spacial score (nSPS) is 11.1. The predicted molar refractivity (Wildman–Crippen MR) is 120 cm³/mol. The first kappa shape index (κ1) is 19.0. The molecule has 0 unspecified atom stereocenters. The van der Waals surface area contributed by atoms with Crippen LogP contribution in [0, 0.1) is 0 Å². The molecule has 0 aliphatic rings. The maximum Gasteiger partial charge on any atom is 0.154 e. The van der Waals surface area contributed by atoms with E-state index in [-0.39, 0.29) is 0 Å². The largest absolute Gasteiger partial charge is 0.382 e. The van der Waals surface area contributed by atoms with Crippen molar-refractivity contribution >= 4 is 22.7 Å². The maximum absolute atomic E-state index is 6.30. The van der Waals surface area contributed by atoms with Crippen molar-refractivity contribution < 1.29 is 0 Å². The van der Waals surface area contributed by atoms with Crippen LogP contribution in [0.2, 0.25) is 0 Å². The number of fused-ring (bicyclic) bond motifs is 1. The summed E-state index contributed by atoms with van der Waals surface area (Å²) in [5.41, 5.74) is 10.6. The van der Waals surface area contributed by atoms with Gasteiger partial charge in [-0.3, -0.25) is 0 Å². The van der Waals surface area contributed by atoms with E-state index in [9.17, 15) is 0 Å². The third-order valence-electron chi connectivity index (χ3n) is 5.10. The molecule has 5 heteroatoms. The lowest BCUT2D eigenvalue weighted by Gasteiger charge is -2.11. The lowest BCUT2D eigenvalue weighted by molar-refractivity contribution is 0.690. The predicted octanol–water partition coefficient (Wildman–Crippen LogP) is 5.02. The van der Waals surface area contributed by atoms with Gasteiger partial charge in [0.2, 0.25) is 0 Å². The molecule has 0 saturated carbocycles. The Bertz CT molecular complexity index is 1070. The van der Waals surface area contributed by atoms with Crippen LogP contribution in [0.15, 0.2) is 66.7 Å². The number of imidazole rings is 1. The number of nitrogens with zero attached hydrogens (tertiary/aromatic N) is 3. The van der Waals surface area contributed by atoms with E-state index in [4.69, 9.17) is 10.7 Å². The van der Waals surface area contributed by atoms with Gasteiger partial charge in [0.15, 0.2) is 5.82 Å². The summed E-state index contributed by atoms with van der Waals surface area (Å²) < 4.78 is 2.28. The third kappa shape index (κ3) is 4.40. The van der Waals surface area contributed by atoms with E-state index in [1.54, 1.807) is 0 Å². The average molecular weight is 386 g/mol. The first-order valence-electron chi connectivity index (χ1n) is 10.2. The molecule has 0 spiro atoms.